The highest BCUT2D eigenvalue weighted by Crippen LogP contribution is 2.13. The Kier molecular flexibility index (Phi) is 5.67. The minimum Gasteiger partial charge on any atom is -0.492 e. The average Bonchev–Trinajstić information content (AvgIpc) is 2.50. The van der Waals surface area contributed by atoms with Crippen LogP contribution in [0.2, 0.25) is 0 Å². The summed E-state index contributed by atoms with van der Waals surface area (Å²) in [6.07, 6.45) is 0. The number of hydrogen-bond acceptors (Lipinski definition) is 3. The predicted octanol–water partition coefficient (Wildman–Crippen LogP) is 3.54. The molecule has 22 heavy (non-hydrogen) atoms. The van der Waals surface area contributed by atoms with Crippen molar-refractivity contribution in [1.29, 1.82) is 0 Å². The number of carbonyl (C=O) groups is 1. The van der Waals surface area contributed by atoms with Crippen molar-refractivity contribution < 1.29 is 13.9 Å². The number of ether oxygens (including phenoxy) is 1. The molecule has 0 radical (unpaired) electrons. The lowest BCUT2D eigenvalue weighted by Gasteiger charge is -2.17. The number of rotatable bonds is 7. The van der Waals surface area contributed by atoms with Gasteiger partial charge < -0.3 is 4.74 Å². The van der Waals surface area contributed by atoms with Crippen LogP contribution in [0.4, 0.5) is 4.39 Å². The maximum atomic E-state index is 13.6. The SMILES string of the molecule is CC(=O)c1ccc(OCCN(C)Cc2ccccc2F)cc1. The van der Waals surface area contributed by atoms with Gasteiger partial charge in [-0.05, 0) is 44.3 Å². The maximum Gasteiger partial charge on any atom is 0.159 e. The fourth-order valence-corrected chi connectivity index (χ4v) is 2.10. The molecule has 0 unspecified atom stereocenters. The van der Waals surface area contributed by atoms with Gasteiger partial charge >= 0.3 is 0 Å². The zero-order valence-electron chi connectivity index (χ0n) is 12.9. The first-order valence-corrected chi connectivity index (χ1v) is 7.22. The monoisotopic (exact) mass is 301 g/mol. The van der Waals surface area contributed by atoms with E-state index in [1.54, 1.807) is 36.4 Å². The van der Waals surface area contributed by atoms with Crippen LogP contribution in [0.15, 0.2) is 48.5 Å². The molecule has 0 saturated carbocycles. The lowest BCUT2D eigenvalue weighted by Crippen LogP contribution is -2.24. The molecule has 0 aliphatic heterocycles. The number of ketones is 1. The molecule has 0 heterocycles. The quantitative estimate of drug-likeness (QED) is 0.733. The Balaban J connectivity index is 1.78. The van der Waals surface area contributed by atoms with Crippen LogP contribution in [-0.4, -0.2) is 30.9 Å². The van der Waals surface area contributed by atoms with Crippen molar-refractivity contribution in [1.82, 2.24) is 4.90 Å². The predicted molar refractivity (Wildman–Crippen MR) is 84.7 cm³/mol. The molecule has 2 rings (SSSR count). The van der Waals surface area contributed by atoms with Crippen LogP contribution in [0.3, 0.4) is 0 Å². The van der Waals surface area contributed by atoms with Crippen molar-refractivity contribution in [2.75, 3.05) is 20.2 Å². The van der Waals surface area contributed by atoms with Crippen molar-refractivity contribution in [3.8, 4) is 5.75 Å². The topological polar surface area (TPSA) is 29.5 Å². The van der Waals surface area contributed by atoms with Crippen LogP contribution in [0.25, 0.3) is 0 Å². The van der Waals surface area contributed by atoms with Gasteiger partial charge in [-0.3, -0.25) is 9.69 Å². The molecule has 0 aromatic heterocycles. The van der Waals surface area contributed by atoms with Crippen LogP contribution in [0.5, 0.6) is 5.75 Å². The van der Waals surface area contributed by atoms with E-state index in [0.717, 1.165) is 5.75 Å². The summed E-state index contributed by atoms with van der Waals surface area (Å²) in [6.45, 7) is 3.26. The zero-order chi connectivity index (χ0) is 15.9. The van der Waals surface area contributed by atoms with Gasteiger partial charge in [0.25, 0.3) is 0 Å². The summed E-state index contributed by atoms with van der Waals surface area (Å²) in [4.78, 5) is 13.2. The summed E-state index contributed by atoms with van der Waals surface area (Å²) < 4.78 is 19.2. The van der Waals surface area contributed by atoms with E-state index >= 15 is 0 Å². The van der Waals surface area contributed by atoms with Crippen LogP contribution < -0.4 is 4.74 Å². The van der Waals surface area contributed by atoms with Gasteiger partial charge in [0.05, 0.1) is 0 Å². The minimum absolute atomic E-state index is 0.0381. The summed E-state index contributed by atoms with van der Waals surface area (Å²) >= 11 is 0. The Bertz CT molecular complexity index is 625. The Morgan fingerprint density at radius 1 is 1.14 bits per heavy atom. The van der Waals surface area contributed by atoms with Crippen LogP contribution in [0.1, 0.15) is 22.8 Å². The third kappa shape index (κ3) is 4.67. The third-order valence-corrected chi connectivity index (χ3v) is 3.40. The molecule has 3 nitrogen and oxygen atoms in total. The standard InChI is InChI=1S/C18H20FNO2/c1-14(21)15-7-9-17(10-8-15)22-12-11-20(2)13-16-5-3-4-6-18(16)19/h3-10H,11-13H2,1-2H3. The summed E-state index contributed by atoms with van der Waals surface area (Å²) in [7, 11) is 1.93. The molecular formula is C18H20FNO2. The van der Waals surface area contributed by atoms with Gasteiger partial charge in [-0.15, -0.1) is 0 Å². The van der Waals surface area contributed by atoms with Gasteiger partial charge in [-0.1, -0.05) is 18.2 Å². The molecule has 0 amide bonds. The molecule has 0 aliphatic carbocycles. The van der Waals surface area contributed by atoms with Crippen molar-refractivity contribution in [3.63, 3.8) is 0 Å². The lowest BCUT2D eigenvalue weighted by molar-refractivity contribution is 0.101. The Labute approximate surface area is 130 Å². The molecule has 2 aromatic rings. The van der Waals surface area contributed by atoms with E-state index in [4.69, 9.17) is 4.74 Å². The molecule has 0 fully saturated rings. The Morgan fingerprint density at radius 3 is 2.45 bits per heavy atom. The fourth-order valence-electron chi connectivity index (χ4n) is 2.10. The van der Waals surface area contributed by atoms with E-state index in [0.29, 0.717) is 30.8 Å². The zero-order valence-corrected chi connectivity index (χ0v) is 12.9. The van der Waals surface area contributed by atoms with Crippen molar-refractivity contribution in [2.45, 2.75) is 13.5 Å². The number of Topliss-reactive ketones (excluding diaryl/α,β-unsaturated/α-hetero) is 1. The van der Waals surface area contributed by atoms with E-state index < -0.39 is 0 Å². The van der Waals surface area contributed by atoms with Gasteiger partial charge in [-0.2, -0.15) is 0 Å². The first-order valence-electron chi connectivity index (χ1n) is 7.22. The molecule has 0 aliphatic rings. The third-order valence-electron chi connectivity index (χ3n) is 3.40. The van der Waals surface area contributed by atoms with Gasteiger partial charge in [0, 0.05) is 24.2 Å². The van der Waals surface area contributed by atoms with E-state index in [1.165, 1.54) is 13.0 Å². The first kappa shape index (κ1) is 16.2. The molecular weight excluding hydrogens is 281 g/mol. The smallest absolute Gasteiger partial charge is 0.159 e. The molecule has 4 heteroatoms. The summed E-state index contributed by atoms with van der Waals surface area (Å²) in [6, 6.07) is 13.8. The number of likely N-dealkylation sites (N-methyl/N-ethyl adjacent to an activating group) is 1. The van der Waals surface area contributed by atoms with E-state index in [9.17, 15) is 9.18 Å². The fraction of sp³-hybridized carbons (Fsp3) is 0.278. The highest BCUT2D eigenvalue weighted by atomic mass is 19.1. The molecule has 0 bridgehead atoms. The number of nitrogens with zero attached hydrogens (tertiary/aromatic N) is 1. The largest absolute Gasteiger partial charge is 0.492 e. The van der Waals surface area contributed by atoms with E-state index in [2.05, 4.69) is 0 Å². The Hall–Kier alpha value is -2.20. The lowest BCUT2D eigenvalue weighted by atomic mass is 10.1. The minimum atomic E-state index is -0.185. The molecule has 0 atom stereocenters. The van der Waals surface area contributed by atoms with Gasteiger partial charge in [0.1, 0.15) is 18.2 Å². The number of carbonyl (C=O) groups excluding carboxylic acids is 1. The summed E-state index contributed by atoms with van der Waals surface area (Å²) in [5, 5.41) is 0. The van der Waals surface area contributed by atoms with Gasteiger partial charge in [0.2, 0.25) is 0 Å². The average molecular weight is 301 g/mol. The van der Waals surface area contributed by atoms with Gasteiger partial charge in [-0.25, -0.2) is 4.39 Å². The van der Waals surface area contributed by atoms with Crippen molar-refractivity contribution in [2.24, 2.45) is 0 Å². The second kappa shape index (κ2) is 7.71. The van der Waals surface area contributed by atoms with E-state index in [-0.39, 0.29) is 11.6 Å². The second-order valence-corrected chi connectivity index (χ2v) is 5.26. The molecule has 2 aromatic carbocycles. The number of halogens is 1. The molecule has 0 N–H and O–H groups in total. The first-order chi connectivity index (χ1) is 10.6. The summed E-state index contributed by atoms with van der Waals surface area (Å²) in [5.74, 6) is 0.579. The second-order valence-electron chi connectivity index (χ2n) is 5.26. The molecule has 0 spiro atoms. The van der Waals surface area contributed by atoms with E-state index in [1.807, 2.05) is 18.0 Å². The molecule has 0 saturated heterocycles. The maximum absolute atomic E-state index is 13.6. The normalized spacial score (nSPS) is 10.7. The van der Waals surface area contributed by atoms with Crippen molar-refractivity contribution in [3.05, 3.63) is 65.5 Å². The highest BCUT2D eigenvalue weighted by Gasteiger charge is 2.05. The van der Waals surface area contributed by atoms with Crippen LogP contribution in [0, 0.1) is 5.82 Å². The van der Waals surface area contributed by atoms with Crippen molar-refractivity contribution >= 4 is 5.78 Å². The number of benzene rings is 2. The van der Waals surface area contributed by atoms with Crippen LogP contribution in [-0.2, 0) is 6.54 Å². The summed E-state index contributed by atoms with van der Waals surface area (Å²) in [5.41, 5.74) is 1.35. The van der Waals surface area contributed by atoms with Crippen LogP contribution >= 0.6 is 0 Å². The highest BCUT2D eigenvalue weighted by molar-refractivity contribution is 5.94. The number of hydrogen-bond donors (Lipinski definition) is 0. The van der Waals surface area contributed by atoms with Gasteiger partial charge in [0.15, 0.2) is 5.78 Å². The Morgan fingerprint density at radius 2 is 1.82 bits per heavy atom. The molecule has 116 valence electrons.